The normalized spacial score (nSPS) is 29.1. The Morgan fingerprint density at radius 2 is 1.62 bits per heavy atom. The molecule has 1 heterocycles. The Morgan fingerprint density at radius 1 is 0.949 bits per heavy atom. The molecule has 9 heteroatoms. The summed E-state index contributed by atoms with van der Waals surface area (Å²) in [4.78, 5) is 56.1. The van der Waals surface area contributed by atoms with Gasteiger partial charge in [-0.1, -0.05) is 30.9 Å². The lowest BCUT2D eigenvalue weighted by Crippen LogP contribution is -2.43. The van der Waals surface area contributed by atoms with Crippen LogP contribution in [0.1, 0.15) is 56.4 Å². The second kappa shape index (κ2) is 9.77. The van der Waals surface area contributed by atoms with Crippen molar-refractivity contribution >= 4 is 39.3 Å². The topological polar surface area (TPSA) is 110 Å². The number of ketones is 2. The second-order valence-electron chi connectivity index (χ2n) is 11.0. The first-order valence-electron chi connectivity index (χ1n) is 13.5. The molecule has 1 saturated carbocycles. The number of halogens is 1. The molecular weight excluding hydrogens is 566 g/mol. The number of aromatic hydroxyl groups is 1. The van der Waals surface area contributed by atoms with Crippen LogP contribution in [-0.2, 0) is 19.2 Å². The molecule has 39 heavy (non-hydrogen) atoms. The molecule has 8 nitrogen and oxygen atoms in total. The standard InChI is InChI=1S/C30H30BrNO7/c1-38-22-10-15(33)11-23(39-2)27(22)26-16-8-9-17-24(30(37)32(29(17)36)14-6-4-3-5-7-14)18(16)12-19-25(26)21(34)13-20(31)28(19)35/h8,10-11,13-14,17-18,24,26,33H,3-7,9,12H2,1-2H3/t17-,18+,24-,26-/m0/s1. The number of hydrogen-bond acceptors (Lipinski definition) is 7. The SMILES string of the molecule is COc1cc(O)cc(OC)c1[C@H]1C2=CC[C@@H]3C(=O)N(C4CCCCC4)C(=O)[C@@H]3[C@@H]2CC2=C1C(=O)C=C(Br)C2=O. The van der Waals surface area contributed by atoms with E-state index in [1.54, 1.807) is 0 Å². The van der Waals surface area contributed by atoms with E-state index in [9.17, 15) is 24.3 Å². The fourth-order valence-corrected chi connectivity index (χ4v) is 7.92. The molecule has 0 unspecified atom stereocenters. The number of allylic oxidation sites excluding steroid dienone is 6. The zero-order valence-electron chi connectivity index (χ0n) is 21.9. The summed E-state index contributed by atoms with van der Waals surface area (Å²) in [7, 11) is 2.92. The summed E-state index contributed by atoms with van der Waals surface area (Å²) in [5, 5.41) is 10.3. The van der Waals surface area contributed by atoms with Gasteiger partial charge in [-0.25, -0.2) is 0 Å². The number of Topliss-reactive ketones (excluding diaryl/α,β-unsaturated/α-hetero) is 1. The maximum absolute atomic E-state index is 14.0. The number of nitrogens with zero attached hydrogens (tertiary/aromatic N) is 1. The van der Waals surface area contributed by atoms with Gasteiger partial charge in [0.1, 0.15) is 17.2 Å². The molecule has 5 aliphatic rings. The van der Waals surface area contributed by atoms with Crippen molar-refractivity contribution in [3.63, 3.8) is 0 Å². The van der Waals surface area contributed by atoms with Gasteiger partial charge >= 0.3 is 0 Å². The molecule has 1 saturated heterocycles. The highest BCUT2D eigenvalue weighted by molar-refractivity contribution is 9.12. The predicted octanol–water partition coefficient (Wildman–Crippen LogP) is 4.50. The molecule has 1 aliphatic heterocycles. The molecule has 4 aliphatic carbocycles. The Morgan fingerprint density at radius 3 is 2.26 bits per heavy atom. The highest BCUT2D eigenvalue weighted by atomic mass is 79.9. The number of methoxy groups -OCH3 is 2. The van der Waals surface area contributed by atoms with E-state index < -0.39 is 23.7 Å². The Kier molecular flexibility index (Phi) is 6.52. The quantitative estimate of drug-likeness (QED) is 0.310. The molecule has 2 fully saturated rings. The van der Waals surface area contributed by atoms with Crippen LogP contribution in [0.4, 0.5) is 0 Å². The first-order chi connectivity index (χ1) is 18.8. The number of phenolic OH excluding ortho intramolecular Hbond substituents is 1. The molecule has 0 bridgehead atoms. The highest BCUT2D eigenvalue weighted by Gasteiger charge is 2.58. The average Bonchev–Trinajstić information content (AvgIpc) is 3.20. The zero-order chi connectivity index (χ0) is 27.6. The van der Waals surface area contributed by atoms with Gasteiger partial charge in [-0.2, -0.15) is 0 Å². The summed E-state index contributed by atoms with van der Waals surface area (Å²) in [5.74, 6) is -2.59. The van der Waals surface area contributed by atoms with E-state index >= 15 is 0 Å². The molecule has 0 aromatic heterocycles. The maximum Gasteiger partial charge on any atom is 0.233 e. The van der Waals surface area contributed by atoms with E-state index in [0.29, 0.717) is 34.6 Å². The Bertz CT molecular complexity index is 1370. The lowest BCUT2D eigenvalue weighted by Gasteiger charge is -2.42. The fraction of sp³-hybridized carbons (Fsp3) is 0.467. The average molecular weight is 596 g/mol. The van der Waals surface area contributed by atoms with Crippen LogP contribution in [-0.4, -0.2) is 53.6 Å². The smallest absolute Gasteiger partial charge is 0.233 e. The van der Waals surface area contributed by atoms with Crippen LogP contribution in [0.25, 0.3) is 0 Å². The minimum Gasteiger partial charge on any atom is -0.508 e. The third kappa shape index (κ3) is 3.91. The molecule has 204 valence electrons. The van der Waals surface area contributed by atoms with Crippen molar-refractivity contribution in [3.8, 4) is 17.2 Å². The minimum absolute atomic E-state index is 0.0694. The summed E-state index contributed by atoms with van der Waals surface area (Å²) in [6.45, 7) is 0. The Balaban J connectivity index is 1.52. The summed E-state index contributed by atoms with van der Waals surface area (Å²) in [5.41, 5.74) is 1.99. The lowest BCUT2D eigenvalue weighted by atomic mass is 9.59. The number of carbonyl (C=O) groups is 4. The van der Waals surface area contributed by atoms with E-state index in [2.05, 4.69) is 15.9 Å². The van der Waals surface area contributed by atoms with E-state index in [4.69, 9.17) is 9.47 Å². The van der Waals surface area contributed by atoms with Gasteiger partial charge in [0.25, 0.3) is 0 Å². The molecule has 1 aromatic carbocycles. The minimum atomic E-state index is -0.731. The zero-order valence-corrected chi connectivity index (χ0v) is 23.5. The molecule has 0 spiro atoms. The van der Waals surface area contributed by atoms with E-state index in [-0.39, 0.29) is 46.1 Å². The number of hydrogen-bond donors (Lipinski definition) is 1. The van der Waals surface area contributed by atoms with E-state index in [1.165, 1.54) is 37.3 Å². The van der Waals surface area contributed by atoms with Gasteiger partial charge in [0.05, 0.1) is 30.5 Å². The van der Waals surface area contributed by atoms with E-state index in [0.717, 1.165) is 37.7 Å². The van der Waals surface area contributed by atoms with Crippen molar-refractivity contribution in [1.29, 1.82) is 0 Å². The van der Waals surface area contributed by atoms with Gasteiger partial charge in [-0.15, -0.1) is 0 Å². The first-order valence-corrected chi connectivity index (χ1v) is 14.3. The monoisotopic (exact) mass is 595 g/mol. The van der Waals surface area contributed by atoms with Gasteiger partial charge in [0, 0.05) is 46.9 Å². The van der Waals surface area contributed by atoms with Gasteiger partial charge in [0.15, 0.2) is 11.6 Å². The van der Waals surface area contributed by atoms with Gasteiger partial charge < -0.3 is 14.6 Å². The van der Waals surface area contributed by atoms with E-state index in [1.807, 2.05) is 6.08 Å². The van der Waals surface area contributed by atoms with Crippen LogP contribution >= 0.6 is 15.9 Å². The molecule has 2 amide bonds. The van der Waals surface area contributed by atoms with Crippen molar-refractivity contribution in [3.05, 3.63) is 51.0 Å². The van der Waals surface area contributed by atoms with Crippen LogP contribution in [0.3, 0.4) is 0 Å². The van der Waals surface area contributed by atoms with Crippen molar-refractivity contribution in [2.24, 2.45) is 17.8 Å². The molecular formula is C30H30BrNO7. The summed E-state index contributed by atoms with van der Waals surface area (Å²) >= 11 is 3.26. The molecule has 0 radical (unpaired) electrons. The van der Waals surface area contributed by atoms with Crippen LogP contribution in [0.2, 0.25) is 0 Å². The molecule has 1 aromatic rings. The van der Waals surface area contributed by atoms with Gasteiger partial charge in [-0.05, 0) is 47.5 Å². The number of likely N-dealkylation sites (tertiary alicyclic amines) is 1. The number of phenols is 1. The van der Waals surface area contributed by atoms with Crippen LogP contribution in [0, 0.1) is 17.8 Å². The van der Waals surface area contributed by atoms with Crippen LogP contribution in [0.15, 0.2) is 45.5 Å². The number of ether oxygens (including phenoxy) is 2. The van der Waals surface area contributed by atoms with Gasteiger partial charge in [0.2, 0.25) is 11.8 Å². The Hall–Kier alpha value is -3.20. The largest absolute Gasteiger partial charge is 0.508 e. The number of carbonyl (C=O) groups excluding carboxylic acids is 4. The van der Waals surface area contributed by atoms with Crippen LogP contribution in [0.5, 0.6) is 17.2 Å². The number of benzene rings is 1. The van der Waals surface area contributed by atoms with Crippen molar-refractivity contribution in [2.75, 3.05) is 14.2 Å². The molecule has 1 N–H and O–H groups in total. The highest BCUT2D eigenvalue weighted by Crippen LogP contribution is 2.58. The summed E-state index contributed by atoms with van der Waals surface area (Å²) < 4.78 is 11.5. The fourth-order valence-electron chi connectivity index (χ4n) is 7.47. The molecule has 6 rings (SSSR count). The summed E-state index contributed by atoms with van der Waals surface area (Å²) in [6, 6.07) is 2.82. The van der Waals surface area contributed by atoms with Gasteiger partial charge in [-0.3, -0.25) is 24.1 Å². The van der Waals surface area contributed by atoms with Crippen molar-refractivity contribution in [1.82, 2.24) is 4.90 Å². The molecule has 4 atom stereocenters. The number of fused-ring (bicyclic) bond motifs is 3. The van der Waals surface area contributed by atoms with Crippen molar-refractivity contribution < 1.29 is 33.8 Å². The van der Waals surface area contributed by atoms with Crippen molar-refractivity contribution in [2.45, 2.75) is 56.9 Å². The Labute approximate surface area is 234 Å². The number of rotatable bonds is 4. The second-order valence-corrected chi connectivity index (χ2v) is 11.9. The predicted molar refractivity (Wildman–Crippen MR) is 145 cm³/mol. The lowest BCUT2D eigenvalue weighted by molar-refractivity contribution is -0.143. The number of imide groups is 1. The first kappa shape index (κ1) is 26.0. The summed E-state index contributed by atoms with van der Waals surface area (Å²) in [6.07, 6.45) is 8.61. The van der Waals surface area contributed by atoms with Crippen LogP contribution < -0.4 is 9.47 Å². The third-order valence-electron chi connectivity index (χ3n) is 9.12. The third-order valence-corrected chi connectivity index (χ3v) is 9.71. The maximum atomic E-state index is 14.0. The number of amides is 2.